The maximum atomic E-state index is 5.58. The Hall–Kier alpha value is -1.24. The van der Waals surface area contributed by atoms with Crippen molar-refractivity contribution in [1.29, 1.82) is 0 Å². The molecule has 1 aliphatic rings. The minimum Gasteiger partial charge on any atom is -0.461 e. The fraction of sp³-hybridized carbons (Fsp3) is 0.769. The summed E-state index contributed by atoms with van der Waals surface area (Å²) in [4.78, 5) is 13.0. The smallest absolute Gasteiger partial charge is 0.323 e. The fourth-order valence-electron chi connectivity index (χ4n) is 1.96. The van der Waals surface area contributed by atoms with E-state index in [-0.39, 0.29) is 6.10 Å². The molecule has 0 amide bonds. The maximum Gasteiger partial charge on any atom is 0.323 e. The van der Waals surface area contributed by atoms with E-state index in [2.05, 4.69) is 25.6 Å². The van der Waals surface area contributed by atoms with E-state index >= 15 is 0 Å². The van der Waals surface area contributed by atoms with E-state index in [9.17, 15) is 0 Å². The lowest BCUT2D eigenvalue weighted by molar-refractivity contribution is 0.222. The van der Waals surface area contributed by atoms with Crippen LogP contribution in [0.25, 0.3) is 0 Å². The number of nitrogens with one attached hydrogen (secondary N) is 2. The Bertz CT molecular complexity index is 423. The Morgan fingerprint density at radius 3 is 2.75 bits per heavy atom. The normalized spacial score (nSPS) is 18.9. The lowest BCUT2D eigenvalue weighted by Crippen LogP contribution is -2.27. The van der Waals surface area contributed by atoms with Crippen molar-refractivity contribution in [3.05, 3.63) is 0 Å². The van der Waals surface area contributed by atoms with E-state index in [4.69, 9.17) is 4.74 Å². The molecule has 1 unspecified atom stereocenters. The maximum absolute atomic E-state index is 5.58. The summed E-state index contributed by atoms with van der Waals surface area (Å²) in [5, 5.41) is 6.50. The number of thioether (sulfide) groups is 1. The van der Waals surface area contributed by atoms with Gasteiger partial charge >= 0.3 is 6.01 Å². The zero-order valence-corrected chi connectivity index (χ0v) is 13.2. The molecule has 1 fully saturated rings. The predicted octanol–water partition coefficient (Wildman–Crippen LogP) is 2.40. The van der Waals surface area contributed by atoms with Gasteiger partial charge in [0.15, 0.2) is 0 Å². The third-order valence-electron chi connectivity index (χ3n) is 2.78. The van der Waals surface area contributed by atoms with Crippen LogP contribution in [0.4, 0.5) is 11.9 Å². The highest BCUT2D eigenvalue weighted by Gasteiger charge is 2.16. The molecule has 2 N–H and O–H groups in total. The molecule has 0 bridgehead atoms. The number of aromatic nitrogens is 3. The van der Waals surface area contributed by atoms with E-state index in [0.29, 0.717) is 23.9 Å². The first-order valence-corrected chi connectivity index (χ1v) is 8.33. The molecule has 1 aliphatic heterocycles. The van der Waals surface area contributed by atoms with Crippen LogP contribution in [0.15, 0.2) is 0 Å². The first-order chi connectivity index (χ1) is 9.67. The summed E-state index contributed by atoms with van der Waals surface area (Å²) in [6.45, 7) is 6.70. The molecule has 0 spiro atoms. The van der Waals surface area contributed by atoms with Crippen LogP contribution in [0, 0.1) is 0 Å². The van der Waals surface area contributed by atoms with Crippen LogP contribution in [-0.4, -0.2) is 45.1 Å². The van der Waals surface area contributed by atoms with E-state index < -0.39 is 0 Å². The minimum absolute atomic E-state index is 0.0463. The van der Waals surface area contributed by atoms with Crippen LogP contribution < -0.4 is 15.4 Å². The second-order valence-electron chi connectivity index (χ2n) is 5.02. The first-order valence-electron chi connectivity index (χ1n) is 7.18. The third kappa shape index (κ3) is 4.70. The van der Waals surface area contributed by atoms with Crippen LogP contribution in [0.2, 0.25) is 0 Å². The molecule has 2 rings (SSSR count). The van der Waals surface area contributed by atoms with E-state index in [1.807, 2.05) is 32.5 Å². The van der Waals surface area contributed by atoms with Gasteiger partial charge in [-0.3, -0.25) is 0 Å². The van der Waals surface area contributed by atoms with E-state index in [1.165, 1.54) is 12.2 Å². The van der Waals surface area contributed by atoms with Crippen LogP contribution in [0.1, 0.15) is 33.6 Å². The van der Waals surface area contributed by atoms with E-state index in [1.54, 1.807) is 0 Å². The van der Waals surface area contributed by atoms with Gasteiger partial charge < -0.3 is 15.4 Å². The fourth-order valence-corrected chi connectivity index (χ4v) is 3.03. The van der Waals surface area contributed by atoms with Crippen LogP contribution >= 0.6 is 11.8 Å². The standard InChI is InChI=1S/C13H23N5OS/c1-4-14-11-16-12(15-10-6-5-7-20-8-10)18-13(17-11)19-9(2)3/h9-10H,4-8H2,1-3H3,(H2,14,15,16,17,18). The van der Waals surface area contributed by atoms with Gasteiger partial charge in [-0.25, -0.2) is 0 Å². The zero-order valence-electron chi connectivity index (χ0n) is 12.3. The van der Waals surface area contributed by atoms with Gasteiger partial charge in [0.1, 0.15) is 0 Å². The minimum atomic E-state index is 0.0463. The molecule has 6 nitrogen and oxygen atoms in total. The Morgan fingerprint density at radius 1 is 1.30 bits per heavy atom. The highest BCUT2D eigenvalue weighted by atomic mass is 32.2. The number of rotatable bonds is 6. The second-order valence-corrected chi connectivity index (χ2v) is 6.17. The van der Waals surface area contributed by atoms with Crippen molar-refractivity contribution in [2.24, 2.45) is 0 Å². The topological polar surface area (TPSA) is 72.0 Å². The first kappa shape index (κ1) is 15.2. The van der Waals surface area contributed by atoms with Gasteiger partial charge in [-0.2, -0.15) is 26.7 Å². The van der Waals surface area contributed by atoms with Gasteiger partial charge in [-0.1, -0.05) is 0 Å². The average Bonchev–Trinajstić information content (AvgIpc) is 2.39. The molecule has 1 aromatic rings. The molecule has 112 valence electrons. The molecule has 20 heavy (non-hydrogen) atoms. The van der Waals surface area contributed by atoms with Crippen LogP contribution in [0.5, 0.6) is 6.01 Å². The van der Waals surface area contributed by atoms with Gasteiger partial charge in [0.2, 0.25) is 11.9 Å². The molecule has 0 radical (unpaired) electrons. The molecule has 1 aromatic heterocycles. The molecule has 0 aromatic carbocycles. The predicted molar refractivity (Wildman–Crippen MR) is 83.7 cm³/mol. The molecule has 0 saturated carbocycles. The Morgan fingerprint density at radius 2 is 2.10 bits per heavy atom. The summed E-state index contributed by atoms with van der Waals surface area (Å²) in [6, 6.07) is 0.800. The largest absolute Gasteiger partial charge is 0.461 e. The average molecular weight is 297 g/mol. The number of ether oxygens (including phenoxy) is 1. The van der Waals surface area contributed by atoms with Gasteiger partial charge in [0.05, 0.1) is 6.10 Å². The lowest BCUT2D eigenvalue weighted by Gasteiger charge is -2.22. The van der Waals surface area contributed by atoms with Crippen molar-refractivity contribution in [2.45, 2.75) is 45.8 Å². The summed E-state index contributed by atoms with van der Waals surface area (Å²) in [6.07, 6.45) is 2.45. The van der Waals surface area contributed by atoms with Crippen molar-refractivity contribution in [1.82, 2.24) is 15.0 Å². The quantitative estimate of drug-likeness (QED) is 0.835. The van der Waals surface area contributed by atoms with Gasteiger partial charge in [0, 0.05) is 18.3 Å². The van der Waals surface area contributed by atoms with Gasteiger partial charge in [-0.15, -0.1) is 0 Å². The molecule has 7 heteroatoms. The summed E-state index contributed by atoms with van der Waals surface area (Å²) >= 11 is 1.97. The van der Waals surface area contributed by atoms with Crippen molar-refractivity contribution in [3.63, 3.8) is 0 Å². The zero-order chi connectivity index (χ0) is 14.4. The molecule has 2 heterocycles. The Kier molecular flexibility index (Phi) is 5.70. The molecule has 1 atom stereocenters. The Balaban J connectivity index is 2.10. The van der Waals surface area contributed by atoms with Crippen molar-refractivity contribution in [2.75, 3.05) is 28.7 Å². The summed E-state index contributed by atoms with van der Waals surface area (Å²) in [7, 11) is 0. The molecule has 0 aliphatic carbocycles. The molecule has 1 saturated heterocycles. The van der Waals surface area contributed by atoms with Crippen molar-refractivity contribution in [3.8, 4) is 6.01 Å². The summed E-state index contributed by atoms with van der Waals surface area (Å²) in [5.74, 6) is 3.51. The molecular weight excluding hydrogens is 274 g/mol. The summed E-state index contributed by atoms with van der Waals surface area (Å²) < 4.78 is 5.58. The highest BCUT2D eigenvalue weighted by Crippen LogP contribution is 2.20. The summed E-state index contributed by atoms with van der Waals surface area (Å²) in [5.41, 5.74) is 0. The van der Waals surface area contributed by atoms with E-state index in [0.717, 1.165) is 18.7 Å². The monoisotopic (exact) mass is 297 g/mol. The Labute approximate surface area is 124 Å². The van der Waals surface area contributed by atoms with Gasteiger partial charge in [-0.05, 0) is 39.4 Å². The number of hydrogen-bond donors (Lipinski definition) is 2. The SMILES string of the molecule is CCNc1nc(NC2CCCSC2)nc(OC(C)C)n1. The van der Waals surface area contributed by atoms with Crippen LogP contribution in [-0.2, 0) is 0 Å². The van der Waals surface area contributed by atoms with Crippen LogP contribution in [0.3, 0.4) is 0 Å². The van der Waals surface area contributed by atoms with Crippen molar-refractivity contribution >= 4 is 23.7 Å². The number of anilines is 2. The van der Waals surface area contributed by atoms with Crippen molar-refractivity contribution < 1.29 is 4.74 Å². The lowest BCUT2D eigenvalue weighted by atomic mass is 10.2. The number of hydrogen-bond acceptors (Lipinski definition) is 7. The highest BCUT2D eigenvalue weighted by molar-refractivity contribution is 7.99. The molecular formula is C13H23N5OS. The number of nitrogens with zero attached hydrogens (tertiary/aromatic N) is 3. The van der Waals surface area contributed by atoms with Gasteiger partial charge in [0.25, 0.3) is 0 Å². The second kappa shape index (κ2) is 7.52. The third-order valence-corrected chi connectivity index (χ3v) is 4.00.